The Morgan fingerprint density at radius 3 is 2.65 bits per heavy atom. The van der Waals surface area contributed by atoms with Gasteiger partial charge in [0.1, 0.15) is 0 Å². The van der Waals surface area contributed by atoms with Crippen LogP contribution in [0.25, 0.3) is 11.2 Å². The van der Waals surface area contributed by atoms with Crippen LogP contribution in [-0.2, 0) is 25.4 Å². The molecular weight excluding hydrogens is 300 g/mol. The fourth-order valence-electron chi connectivity index (χ4n) is 2.78. The zero-order chi connectivity index (χ0) is 16.6. The Hall–Kier alpha value is -2.42. The van der Waals surface area contributed by atoms with Crippen LogP contribution in [0.5, 0.6) is 0 Å². The summed E-state index contributed by atoms with van der Waals surface area (Å²) >= 11 is 0. The molecule has 0 bridgehead atoms. The number of hydrogen-bond donors (Lipinski definition) is 1. The van der Waals surface area contributed by atoms with Crippen LogP contribution in [0, 0.1) is 5.41 Å². The van der Waals surface area contributed by atoms with Crippen molar-refractivity contribution in [2.75, 3.05) is 26.3 Å². The summed E-state index contributed by atoms with van der Waals surface area (Å²) in [6, 6.07) is 0. The van der Waals surface area contributed by atoms with Gasteiger partial charge in [-0.25, -0.2) is 9.78 Å². The molecule has 3 rings (SSSR count). The van der Waals surface area contributed by atoms with E-state index in [1.165, 1.54) is 11.6 Å². The van der Waals surface area contributed by atoms with E-state index >= 15 is 0 Å². The molecular formula is C14H20N6O3. The topological polar surface area (TPSA) is 98.1 Å². The average Bonchev–Trinajstić information content (AvgIpc) is 3.00. The van der Waals surface area contributed by atoms with Crippen molar-refractivity contribution in [3.63, 3.8) is 0 Å². The number of nitrogens with one attached hydrogen (secondary N) is 1. The van der Waals surface area contributed by atoms with Crippen LogP contribution < -0.4 is 11.2 Å². The predicted molar refractivity (Wildman–Crippen MR) is 85.0 cm³/mol. The molecule has 0 atom stereocenters. The molecule has 2 aromatic rings. The van der Waals surface area contributed by atoms with Crippen molar-refractivity contribution >= 4 is 17.0 Å². The summed E-state index contributed by atoms with van der Waals surface area (Å²) < 4.78 is 9.43. The van der Waals surface area contributed by atoms with Crippen LogP contribution in [0.15, 0.2) is 15.9 Å². The van der Waals surface area contributed by atoms with Gasteiger partial charge in [0, 0.05) is 40.2 Å². The van der Waals surface area contributed by atoms with Crippen LogP contribution in [0.1, 0.15) is 6.42 Å². The molecule has 0 saturated carbocycles. The number of fused-ring (bicyclic) bond motifs is 1. The number of ether oxygens (including phenoxy) is 1. The molecule has 0 radical (unpaired) electrons. The van der Waals surface area contributed by atoms with E-state index in [0.29, 0.717) is 43.2 Å². The first-order chi connectivity index (χ1) is 11.0. The summed E-state index contributed by atoms with van der Waals surface area (Å²) in [5, 5.41) is 8.16. The molecule has 1 aliphatic heterocycles. The summed E-state index contributed by atoms with van der Waals surface area (Å²) in [5.74, 6) is 0.525. The van der Waals surface area contributed by atoms with Gasteiger partial charge in [0.15, 0.2) is 11.2 Å². The van der Waals surface area contributed by atoms with Gasteiger partial charge in [-0.1, -0.05) is 0 Å². The number of hydrogen-bond acceptors (Lipinski definition) is 5. The highest BCUT2D eigenvalue weighted by Gasteiger charge is 2.16. The van der Waals surface area contributed by atoms with Crippen LogP contribution in [0.4, 0.5) is 0 Å². The van der Waals surface area contributed by atoms with E-state index in [4.69, 9.17) is 10.1 Å². The number of aryl methyl sites for hydroxylation is 2. The molecule has 0 unspecified atom stereocenters. The SMILES string of the molecule is Cn1c(=O)c2c(ncn2CCC(=N)N2CCOCC2)n(C)c1=O. The highest BCUT2D eigenvalue weighted by atomic mass is 16.5. The molecule has 1 saturated heterocycles. The van der Waals surface area contributed by atoms with Crippen molar-refractivity contribution in [2.45, 2.75) is 13.0 Å². The zero-order valence-corrected chi connectivity index (χ0v) is 13.3. The van der Waals surface area contributed by atoms with E-state index in [1.54, 1.807) is 17.9 Å². The molecule has 2 aromatic heterocycles. The van der Waals surface area contributed by atoms with E-state index in [1.807, 2.05) is 4.90 Å². The van der Waals surface area contributed by atoms with E-state index in [0.717, 1.165) is 17.7 Å². The minimum absolute atomic E-state index is 0.362. The van der Waals surface area contributed by atoms with E-state index < -0.39 is 5.69 Å². The van der Waals surface area contributed by atoms with Crippen LogP contribution in [0.3, 0.4) is 0 Å². The number of imidazole rings is 1. The fourth-order valence-corrected chi connectivity index (χ4v) is 2.78. The lowest BCUT2D eigenvalue weighted by Crippen LogP contribution is -2.40. The van der Waals surface area contributed by atoms with Crippen molar-refractivity contribution in [1.29, 1.82) is 5.41 Å². The number of amidine groups is 1. The number of nitrogens with zero attached hydrogens (tertiary/aromatic N) is 5. The molecule has 1 N–H and O–H groups in total. The van der Waals surface area contributed by atoms with Crippen LogP contribution in [-0.4, -0.2) is 55.7 Å². The van der Waals surface area contributed by atoms with Gasteiger partial charge >= 0.3 is 5.69 Å². The number of morpholine rings is 1. The Bertz CT molecular complexity index is 856. The maximum absolute atomic E-state index is 12.3. The molecule has 3 heterocycles. The van der Waals surface area contributed by atoms with Gasteiger partial charge in [0.25, 0.3) is 5.56 Å². The molecule has 1 aliphatic rings. The monoisotopic (exact) mass is 320 g/mol. The molecule has 0 aromatic carbocycles. The summed E-state index contributed by atoms with van der Waals surface area (Å²) in [7, 11) is 3.05. The van der Waals surface area contributed by atoms with Crippen molar-refractivity contribution in [2.24, 2.45) is 14.1 Å². The predicted octanol–water partition coefficient (Wildman–Crippen LogP) is -0.867. The van der Waals surface area contributed by atoms with Gasteiger partial charge in [-0.15, -0.1) is 0 Å². The van der Waals surface area contributed by atoms with Crippen molar-refractivity contribution in [3.05, 3.63) is 27.2 Å². The first kappa shape index (κ1) is 15.5. The van der Waals surface area contributed by atoms with E-state index in [9.17, 15) is 9.59 Å². The highest BCUT2D eigenvalue weighted by molar-refractivity contribution is 5.79. The Labute approximate surface area is 132 Å². The Kier molecular flexibility index (Phi) is 4.03. The van der Waals surface area contributed by atoms with E-state index in [-0.39, 0.29) is 5.56 Å². The highest BCUT2D eigenvalue weighted by Crippen LogP contribution is 2.08. The van der Waals surface area contributed by atoms with Crippen molar-refractivity contribution < 1.29 is 4.74 Å². The molecule has 0 spiro atoms. The Balaban J connectivity index is 1.85. The normalized spacial score (nSPS) is 15.3. The second-order valence-corrected chi connectivity index (χ2v) is 5.61. The van der Waals surface area contributed by atoms with Gasteiger partial charge in [-0.2, -0.15) is 0 Å². The second kappa shape index (κ2) is 5.99. The van der Waals surface area contributed by atoms with Gasteiger partial charge in [0.2, 0.25) is 0 Å². The third-order valence-corrected chi connectivity index (χ3v) is 4.20. The van der Waals surface area contributed by atoms with Gasteiger partial charge in [-0.3, -0.25) is 19.3 Å². The molecule has 9 heteroatoms. The van der Waals surface area contributed by atoms with Gasteiger partial charge in [0.05, 0.1) is 25.4 Å². The minimum Gasteiger partial charge on any atom is -0.378 e. The standard InChI is InChI=1S/C14H20N6O3/c1-17-12-11(13(21)18(2)14(17)22)20(9-16-12)4-3-10(15)19-5-7-23-8-6-19/h9,15H,3-8H2,1-2H3. The molecule has 0 amide bonds. The molecule has 124 valence electrons. The largest absolute Gasteiger partial charge is 0.378 e. The number of rotatable bonds is 3. The Morgan fingerprint density at radius 1 is 1.26 bits per heavy atom. The Morgan fingerprint density at radius 2 is 1.96 bits per heavy atom. The molecule has 23 heavy (non-hydrogen) atoms. The first-order valence-electron chi connectivity index (χ1n) is 7.51. The van der Waals surface area contributed by atoms with Crippen LogP contribution >= 0.6 is 0 Å². The third-order valence-electron chi connectivity index (χ3n) is 4.20. The lowest BCUT2D eigenvalue weighted by Gasteiger charge is -2.29. The van der Waals surface area contributed by atoms with Crippen molar-refractivity contribution in [3.8, 4) is 0 Å². The summed E-state index contributed by atoms with van der Waals surface area (Å²) in [4.78, 5) is 30.4. The number of aromatic nitrogens is 4. The maximum Gasteiger partial charge on any atom is 0.332 e. The van der Waals surface area contributed by atoms with Crippen molar-refractivity contribution in [1.82, 2.24) is 23.6 Å². The van der Waals surface area contributed by atoms with Gasteiger partial charge < -0.3 is 14.2 Å². The summed E-state index contributed by atoms with van der Waals surface area (Å²) in [6.07, 6.45) is 2.05. The lowest BCUT2D eigenvalue weighted by molar-refractivity contribution is 0.0667. The third kappa shape index (κ3) is 2.67. The second-order valence-electron chi connectivity index (χ2n) is 5.61. The average molecular weight is 320 g/mol. The smallest absolute Gasteiger partial charge is 0.332 e. The van der Waals surface area contributed by atoms with Gasteiger partial charge in [-0.05, 0) is 0 Å². The maximum atomic E-state index is 12.3. The fraction of sp³-hybridized carbons (Fsp3) is 0.571. The zero-order valence-electron chi connectivity index (χ0n) is 13.3. The molecule has 9 nitrogen and oxygen atoms in total. The minimum atomic E-state index is -0.395. The molecule has 0 aliphatic carbocycles. The first-order valence-corrected chi connectivity index (χ1v) is 7.51. The van der Waals surface area contributed by atoms with E-state index in [2.05, 4.69) is 4.98 Å². The summed E-state index contributed by atoms with van der Waals surface area (Å²) in [5.41, 5.74) is 0.00712. The quantitative estimate of drug-likeness (QED) is 0.586. The lowest BCUT2D eigenvalue weighted by atomic mass is 10.3. The molecule has 1 fully saturated rings. The summed E-state index contributed by atoms with van der Waals surface area (Å²) in [6.45, 7) is 3.19. The van der Waals surface area contributed by atoms with Crippen LogP contribution in [0.2, 0.25) is 0 Å².